The lowest BCUT2D eigenvalue weighted by atomic mass is 9.79. The Morgan fingerprint density at radius 2 is 1.45 bits per heavy atom. The summed E-state index contributed by atoms with van der Waals surface area (Å²) in [5.41, 5.74) is -5.31. The fourth-order valence-corrected chi connectivity index (χ4v) is 9.17. The number of nitrogens with one attached hydrogen (secondary N) is 2. The van der Waals surface area contributed by atoms with Crippen LogP contribution in [0.15, 0.2) is 143 Å². The van der Waals surface area contributed by atoms with Gasteiger partial charge in [-0.05, 0) is 43.0 Å². The van der Waals surface area contributed by atoms with Crippen molar-refractivity contribution < 1.29 is 38.1 Å². The predicted octanol–water partition coefficient (Wildman–Crippen LogP) is 5.45. The molecule has 60 heavy (non-hydrogen) atoms. The highest BCUT2D eigenvalue weighted by molar-refractivity contribution is 8.13. The third-order valence-electron chi connectivity index (χ3n) is 10.3. The minimum Gasteiger partial charge on any atom is -0.387 e. The maximum atomic E-state index is 14.2. The van der Waals surface area contributed by atoms with E-state index in [4.69, 9.17) is 18.5 Å². The lowest BCUT2D eigenvalue weighted by Gasteiger charge is -2.38. The molecule has 4 N–H and O–H groups in total. The zero-order valence-corrected chi connectivity index (χ0v) is 35.0. The molecule has 1 unspecified atom stereocenters. The zero-order valence-electron chi connectivity index (χ0n) is 33.3. The number of aliphatic hydroxyl groups is 2. The van der Waals surface area contributed by atoms with Crippen molar-refractivity contribution in [3.63, 3.8) is 0 Å². The summed E-state index contributed by atoms with van der Waals surface area (Å²) in [6.45, 7) is 3.90. The molecule has 4 aromatic carbocycles. The standard InChI is InChI=1S/C44H47N4O10PS/c1-41(2,31-55-44(33-18-10-5-11-19-33,34-20-12-6-13-21-34)35-22-14-7-15-23-35)39(51)60-27-26-56-59(54,46-28-32-16-8-4-9-17-32)57-29-36-38(50)42(3,53)43(30-45,58-36)48-25-24-37(49)47-40(48)52/h4-25,36,38,50,53H,26-29,31H2,1-3H3,(H,46,54)(H,47,49,52)/t36-,38-,42-,43-,59?/m1/s1. The summed E-state index contributed by atoms with van der Waals surface area (Å²) < 4.78 is 39.2. The van der Waals surface area contributed by atoms with E-state index in [0.29, 0.717) is 4.57 Å². The number of carbonyl (C=O) groups excluding carboxylic acids is 1. The summed E-state index contributed by atoms with van der Waals surface area (Å²) in [5, 5.41) is 35.3. The van der Waals surface area contributed by atoms with Gasteiger partial charge in [0.1, 0.15) is 23.9 Å². The second kappa shape index (κ2) is 18.7. The first-order valence-corrected chi connectivity index (χ1v) is 21.7. The van der Waals surface area contributed by atoms with E-state index >= 15 is 0 Å². The van der Waals surface area contributed by atoms with Crippen LogP contribution >= 0.6 is 19.5 Å². The smallest absolute Gasteiger partial charge is 0.387 e. The lowest BCUT2D eigenvalue weighted by Crippen LogP contribution is -2.58. The van der Waals surface area contributed by atoms with E-state index in [1.807, 2.05) is 102 Å². The molecule has 314 valence electrons. The number of aromatic amines is 1. The molecule has 1 saturated heterocycles. The summed E-state index contributed by atoms with van der Waals surface area (Å²) in [6.07, 6.45) is -2.37. The number of hydrogen-bond acceptors (Lipinski definition) is 12. The average Bonchev–Trinajstić information content (AvgIpc) is 3.46. The molecule has 5 atom stereocenters. The van der Waals surface area contributed by atoms with Crippen LogP contribution in [-0.4, -0.2) is 68.3 Å². The van der Waals surface area contributed by atoms with Crippen LogP contribution in [0.3, 0.4) is 0 Å². The van der Waals surface area contributed by atoms with Gasteiger partial charge in [-0.1, -0.05) is 133 Å². The Morgan fingerprint density at radius 3 is 1.97 bits per heavy atom. The molecule has 0 saturated carbocycles. The Balaban J connectivity index is 1.14. The number of hydrogen-bond donors (Lipinski definition) is 4. The number of benzene rings is 4. The van der Waals surface area contributed by atoms with Gasteiger partial charge in [0.25, 0.3) is 11.3 Å². The number of carbonyl (C=O) groups is 1. The van der Waals surface area contributed by atoms with Gasteiger partial charge in [0, 0.05) is 24.6 Å². The van der Waals surface area contributed by atoms with Crippen LogP contribution in [0.1, 0.15) is 43.0 Å². The van der Waals surface area contributed by atoms with Crippen molar-refractivity contribution in [1.82, 2.24) is 14.6 Å². The van der Waals surface area contributed by atoms with Crippen LogP contribution < -0.4 is 16.3 Å². The fraction of sp³-hybridized carbons (Fsp3) is 0.318. The number of aromatic nitrogens is 2. The summed E-state index contributed by atoms with van der Waals surface area (Å²) in [5.74, 6) is 0.0771. The van der Waals surface area contributed by atoms with Crippen molar-refractivity contribution in [1.29, 1.82) is 5.26 Å². The first-order chi connectivity index (χ1) is 28.7. The Labute approximate surface area is 351 Å². The fourth-order valence-electron chi connectivity index (χ4n) is 6.94. The van der Waals surface area contributed by atoms with Crippen molar-refractivity contribution in [2.75, 3.05) is 25.6 Å². The van der Waals surface area contributed by atoms with Crippen LogP contribution in [0.4, 0.5) is 0 Å². The van der Waals surface area contributed by atoms with Gasteiger partial charge in [0.2, 0.25) is 0 Å². The Hall–Kier alpha value is -4.98. The predicted molar refractivity (Wildman–Crippen MR) is 226 cm³/mol. The molecule has 0 radical (unpaired) electrons. The molecule has 0 amide bonds. The number of thioether (sulfide) groups is 1. The first kappa shape index (κ1) is 44.6. The highest BCUT2D eigenvalue weighted by Gasteiger charge is 2.65. The Morgan fingerprint density at radius 1 is 0.917 bits per heavy atom. The van der Waals surface area contributed by atoms with Crippen LogP contribution in [0, 0.1) is 16.7 Å². The summed E-state index contributed by atoms with van der Waals surface area (Å²) in [7, 11) is -4.25. The Kier molecular flexibility index (Phi) is 13.9. The second-order valence-corrected chi connectivity index (χ2v) is 17.9. The van der Waals surface area contributed by atoms with E-state index in [1.165, 1.54) is 0 Å². The summed E-state index contributed by atoms with van der Waals surface area (Å²) in [4.78, 5) is 40.3. The van der Waals surface area contributed by atoms with Crippen LogP contribution in [0.25, 0.3) is 0 Å². The van der Waals surface area contributed by atoms with Gasteiger partial charge in [-0.3, -0.25) is 28.2 Å². The molecule has 0 aliphatic carbocycles. The van der Waals surface area contributed by atoms with E-state index in [1.54, 1.807) is 44.2 Å². The molecule has 5 aromatic rings. The topological polar surface area (TPSA) is 202 Å². The van der Waals surface area contributed by atoms with Gasteiger partial charge in [0.15, 0.2) is 10.7 Å². The Bertz CT molecular complexity index is 2330. The zero-order chi connectivity index (χ0) is 43.0. The highest BCUT2D eigenvalue weighted by atomic mass is 32.2. The molecular formula is C44H47N4O10PS. The number of nitrogens with zero attached hydrogens (tertiary/aromatic N) is 2. The summed E-state index contributed by atoms with van der Waals surface area (Å²) in [6, 6.07) is 41.2. The van der Waals surface area contributed by atoms with Crippen molar-refractivity contribution in [3.05, 3.63) is 177 Å². The SMILES string of the molecule is CC(C)(COC(c1ccccc1)(c1ccccc1)c1ccccc1)C(=O)SCCOP(=O)(NCc1ccccc1)OC[C@H]1O[C@@](C#N)(n2ccc(=O)[nH]c2=O)[C@](C)(O)[C@@H]1O. The molecule has 1 aliphatic heterocycles. The van der Waals surface area contributed by atoms with Gasteiger partial charge in [-0.2, -0.15) is 5.26 Å². The molecule has 2 heterocycles. The van der Waals surface area contributed by atoms with Crippen molar-refractivity contribution in [2.24, 2.45) is 5.41 Å². The largest absolute Gasteiger partial charge is 0.405 e. The average molecular weight is 855 g/mol. The van der Waals surface area contributed by atoms with Gasteiger partial charge in [-0.15, -0.1) is 0 Å². The first-order valence-electron chi connectivity index (χ1n) is 19.2. The minimum atomic E-state index is -4.25. The van der Waals surface area contributed by atoms with Crippen molar-refractivity contribution in [3.8, 4) is 6.07 Å². The quantitative estimate of drug-likeness (QED) is 0.0493. The molecule has 16 heteroatoms. The normalized spacial score (nSPS) is 21.5. The third-order valence-corrected chi connectivity index (χ3v) is 13.0. The molecule has 1 aromatic heterocycles. The molecule has 0 spiro atoms. The molecular weight excluding hydrogens is 808 g/mol. The molecule has 14 nitrogen and oxygen atoms in total. The third kappa shape index (κ3) is 9.33. The van der Waals surface area contributed by atoms with Gasteiger partial charge >= 0.3 is 13.4 Å². The maximum Gasteiger partial charge on any atom is 0.405 e. The van der Waals surface area contributed by atoms with E-state index in [-0.39, 0.29) is 30.6 Å². The van der Waals surface area contributed by atoms with Crippen molar-refractivity contribution in [2.45, 2.75) is 56.5 Å². The number of aliphatic hydroxyl groups excluding tert-OH is 1. The van der Waals surface area contributed by atoms with E-state index in [9.17, 15) is 34.4 Å². The molecule has 1 aliphatic rings. The van der Waals surface area contributed by atoms with Gasteiger partial charge < -0.3 is 19.7 Å². The van der Waals surface area contributed by atoms with E-state index in [2.05, 4.69) is 5.09 Å². The van der Waals surface area contributed by atoms with Crippen LogP contribution in [0.2, 0.25) is 0 Å². The number of ether oxygens (including phenoxy) is 2. The minimum absolute atomic E-state index is 0.0429. The number of H-pyrrole nitrogens is 1. The highest BCUT2D eigenvalue weighted by Crippen LogP contribution is 2.48. The number of nitriles is 1. The molecule has 1 fully saturated rings. The van der Waals surface area contributed by atoms with E-state index < -0.39 is 60.2 Å². The summed E-state index contributed by atoms with van der Waals surface area (Å²) >= 11 is 0.983. The lowest BCUT2D eigenvalue weighted by molar-refractivity contribution is -0.151. The van der Waals surface area contributed by atoms with Crippen molar-refractivity contribution >= 4 is 24.6 Å². The molecule has 6 rings (SSSR count). The van der Waals surface area contributed by atoms with E-state index in [0.717, 1.165) is 53.2 Å². The monoisotopic (exact) mass is 854 g/mol. The maximum absolute atomic E-state index is 14.2. The van der Waals surface area contributed by atoms with Crippen LogP contribution in [0.5, 0.6) is 0 Å². The molecule has 0 bridgehead atoms. The van der Waals surface area contributed by atoms with Gasteiger partial charge in [-0.25, -0.2) is 14.4 Å². The number of rotatable bonds is 18. The second-order valence-electron chi connectivity index (χ2n) is 15.0. The van der Waals surface area contributed by atoms with Crippen LogP contribution in [-0.2, 0) is 45.8 Å². The van der Waals surface area contributed by atoms with Gasteiger partial charge in [0.05, 0.1) is 25.2 Å².